The van der Waals surface area contributed by atoms with Crippen LogP contribution in [-0.2, 0) is 4.79 Å². The number of hydrogen-bond donors (Lipinski definition) is 5. The highest BCUT2D eigenvalue weighted by Crippen LogP contribution is 2.33. The number of nitrogen functional groups attached to an aromatic ring is 1. The van der Waals surface area contributed by atoms with Crippen LogP contribution in [0.25, 0.3) is 0 Å². The lowest BCUT2D eigenvalue weighted by atomic mass is 10.0. The maximum Gasteiger partial charge on any atom is 0.288 e. The first-order valence-corrected chi connectivity index (χ1v) is 11.5. The molecule has 0 aliphatic heterocycles. The molecular weight excluding hydrogens is 479 g/mol. The molecular formula is C26H29FN6O4. The molecule has 1 unspecified atom stereocenters. The smallest absolute Gasteiger partial charge is 0.288 e. The van der Waals surface area contributed by atoms with E-state index in [9.17, 15) is 9.59 Å². The number of rotatable bonds is 10. The van der Waals surface area contributed by atoms with Crippen molar-refractivity contribution < 1.29 is 23.5 Å². The number of pyridine rings is 1. The fourth-order valence-electron chi connectivity index (χ4n) is 3.41. The maximum atomic E-state index is 15.6. The summed E-state index contributed by atoms with van der Waals surface area (Å²) in [4.78, 5) is 29.9. The molecule has 194 valence electrons. The third kappa shape index (κ3) is 6.72. The van der Waals surface area contributed by atoms with E-state index in [1.165, 1.54) is 25.4 Å². The van der Waals surface area contributed by atoms with Gasteiger partial charge in [-0.15, -0.1) is 0 Å². The van der Waals surface area contributed by atoms with Crippen molar-refractivity contribution in [2.45, 2.75) is 26.3 Å². The van der Waals surface area contributed by atoms with Gasteiger partial charge in [0.2, 0.25) is 0 Å². The molecule has 10 nitrogen and oxygen atoms in total. The lowest BCUT2D eigenvalue weighted by molar-refractivity contribution is -0.122. The Morgan fingerprint density at radius 1 is 1.16 bits per heavy atom. The summed E-state index contributed by atoms with van der Waals surface area (Å²) in [7, 11) is 1.42. The summed E-state index contributed by atoms with van der Waals surface area (Å²) < 4.78 is 26.4. The first-order chi connectivity index (χ1) is 17.7. The van der Waals surface area contributed by atoms with E-state index in [1.807, 2.05) is 6.92 Å². The Balaban J connectivity index is 1.95. The van der Waals surface area contributed by atoms with Gasteiger partial charge in [-0.1, -0.05) is 13.0 Å². The van der Waals surface area contributed by atoms with Crippen molar-refractivity contribution in [3.63, 3.8) is 0 Å². The highest BCUT2D eigenvalue weighted by molar-refractivity contribution is 5.96. The number of nitrogens with two attached hydrogens (primary N) is 1. The molecule has 0 spiro atoms. The Kier molecular flexibility index (Phi) is 8.98. The summed E-state index contributed by atoms with van der Waals surface area (Å²) in [6.07, 6.45) is 2.11. The molecule has 11 heteroatoms. The number of carbonyl (C=O) groups excluding carboxylic acids is 2. The molecule has 2 amide bonds. The minimum absolute atomic E-state index is 0.0677. The molecule has 1 aromatic heterocycles. The van der Waals surface area contributed by atoms with Crippen LogP contribution in [0.1, 0.15) is 46.6 Å². The SMILES string of the molecule is CCCOc1cc(OC)cc(C(Nc2ccc(C(=N)N)cc2)C(=O)NNC(=O)c2ncccc2C)c1F. The van der Waals surface area contributed by atoms with Crippen LogP contribution >= 0.6 is 0 Å². The fourth-order valence-corrected chi connectivity index (χ4v) is 3.41. The fraction of sp³-hybridized carbons (Fsp3) is 0.231. The normalized spacial score (nSPS) is 11.2. The molecule has 0 saturated carbocycles. The van der Waals surface area contributed by atoms with E-state index in [0.29, 0.717) is 23.2 Å². The van der Waals surface area contributed by atoms with Gasteiger partial charge >= 0.3 is 0 Å². The Labute approximate surface area is 213 Å². The summed E-state index contributed by atoms with van der Waals surface area (Å²) in [5.74, 6) is -2.06. The van der Waals surface area contributed by atoms with Crippen molar-refractivity contribution in [1.82, 2.24) is 15.8 Å². The zero-order chi connectivity index (χ0) is 26.9. The van der Waals surface area contributed by atoms with Gasteiger partial charge in [-0.05, 0) is 55.3 Å². The summed E-state index contributed by atoms with van der Waals surface area (Å²) in [5, 5.41) is 10.5. The highest BCUT2D eigenvalue weighted by Gasteiger charge is 2.28. The number of amides is 2. The number of nitrogens with zero attached hydrogens (tertiary/aromatic N) is 1. The van der Waals surface area contributed by atoms with Crippen molar-refractivity contribution in [2.24, 2.45) is 5.73 Å². The Hall–Kier alpha value is -4.67. The summed E-state index contributed by atoms with van der Waals surface area (Å²) >= 11 is 0. The van der Waals surface area contributed by atoms with Gasteiger partial charge < -0.3 is 20.5 Å². The Bertz CT molecular complexity index is 1280. The summed E-state index contributed by atoms with van der Waals surface area (Å²) in [6.45, 7) is 3.86. The average Bonchev–Trinajstić information content (AvgIpc) is 2.90. The Morgan fingerprint density at radius 2 is 1.89 bits per heavy atom. The zero-order valence-corrected chi connectivity index (χ0v) is 20.7. The van der Waals surface area contributed by atoms with E-state index in [4.69, 9.17) is 20.6 Å². The van der Waals surface area contributed by atoms with E-state index in [0.717, 1.165) is 0 Å². The van der Waals surface area contributed by atoms with Gasteiger partial charge in [0.25, 0.3) is 11.8 Å². The molecule has 3 rings (SSSR count). The molecule has 0 saturated heterocycles. The second-order valence-electron chi connectivity index (χ2n) is 8.06. The first-order valence-electron chi connectivity index (χ1n) is 11.5. The molecule has 1 heterocycles. The second-order valence-corrected chi connectivity index (χ2v) is 8.06. The van der Waals surface area contributed by atoms with E-state index in [2.05, 4.69) is 21.2 Å². The molecule has 0 aliphatic carbocycles. The Morgan fingerprint density at radius 3 is 2.51 bits per heavy atom. The third-order valence-electron chi connectivity index (χ3n) is 5.34. The minimum atomic E-state index is -1.31. The molecule has 0 radical (unpaired) electrons. The average molecular weight is 509 g/mol. The van der Waals surface area contributed by atoms with Crippen molar-refractivity contribution in [2.75, 3.05) is 19.0 Å². The third-order valence-corrected chi connectivity index (χ3v) is 5.34. The van der Waals surface area contributed by atoms with Crippen LogP contribution in [0.4, 0.5) is 10.1 Å². The van der Waals surface area contributed by atoms with E-state index in [-0.39, 0.29) is 35.2 Å². The monoisotopic (exact) mass is 508 g/mol. The number of hydrogen-bond acceptors (Lipinski definition) is 7. The first kappa shape index (κ1) is 26.9. The molecule has 3 aromatic rings. The standard InChI is InChI=1S/C26H29FN6O4/c1-4-12-37-20-14-18(36-3)13-19(21(20)27)23(31-17-9-7-16(8-10-17)24(28)29)26(35)33-32-25(34)22-15(2)6-5-11-30-22/h5-11,13-14,23,31H,4,12H2,1-3H3,(H3,28,29)(H,32,34)(H,33,35). The van der Waals surface area contributed by atoms with E-state index < -0.39 is 23.7 Å². The predicted octanol–water partition coefficient (Wildman–Crippen LogP) is 3.22. The number of halogens is 1. The van der Waals surface area contributed by atoms with Crippen LogP contribution in [-0.4, -0.2) is 36.4 Å². The topological polar surface area (TPSA) is 151 Å². The summed E-state index contributed by atoms with van der Waals surface area (Å²) in [6, 6.07) is 11.2. The lowest BCUT2D eigenvalue weighted by Crippen LogP contribution is -2.46. The predicted molar refractivity (Wildman–Crippen MR) is 137 cm³/mol. The number of ether oxygens (including phenoxy) is 2. The van der Waals surface area contributed by atoms with Crippen molar-refractivity contribution in [1.29, 1.82) is 5.41 Å². The lowest BCUT2D eigenvalue weighted by Gasteiger charge is -2.22. The molecule has 1 atom stereocenters. The van der Waals surface area contributed by atoms with Crippen LogP contribution in [0.15, 0.2) is 54.7 Å². The van der Waals surface area contributed by atoms with Gasteiger partial charge in [0.1, 0.15) is 23.3 Å². The maximum absolute atomic E-state index is 15.6. The molecule has 0 bridgehead atoms. The largest absolute Gasteiger partial charge is 0.497 e. The number of aryl methyl sites for hydroxylation is 1. The van der Waals surface area contributed by atoms with Crippen molar-refractivity contribution >= 4 is 23.3 Å². The number of hydrazine groups is 1. The number of nitrogens with one attached hydrogen (secondary N) is 4. The van der Waals surface area contributed by atoms with Crippen LogP contribution in [0.2, 0.25) is 0 Å². The number of anilines is 1. The van der Waals surface area contributed by atoms with Gasteiger partial charge in [-0.25, -0.2) is 4.39 Å². The quantitative estimate of drug-likeness (QED) is 0.160. The van der Waals surface area contributed by atoms with Crippen LogP contribution in [0.3, 0.4) is 0 Å². The van der Waals surface area contributed by atoms with Crippen LogP contribution in [0.5, 0.6) is 11.5 Å². The number of aromatic nitrogens is 1. The van der Waals surface area contributed by atoms with Crippen molar-refractivity contribution in [3.05, 3.63) is 82.9 Å². The second kappa shape index (κ2) is 12.3. The van der Waals surface area contributed by atoms with Crippen molar-refractivity contribution in [3.8, 4) is 11.5 Å². The van der Waals surface area contributed by atoms with Crippen LogP contribution < -0.4 is 31.4 Å². The van der Waals surface area contributed by atoms with E-state index in [1.54, 1.807) is 43.3 Å². The van der Waals surface area contributed by atoms with E-state index >= 15 is 4.39 Å². The number of carbonyl (C=O) groups is 2. The van der Waals surface area contributed by atoms with Gasteiger partial charge in [0.15, 0.2) is 11.6 Å². The molecule has 0 aliphatic rings. The van der Waals surface area contributed by atoms with Gasteiger partial charge in [-0.2, -0.15) is 0 Å². The zero-order valence-electron chi connectivity index (χ0n) is 20.7. The molecule has 0 fully saturated rings. The molecule has 2 aromatic carbocycles. The number of methoxy groups -OCH3 is 1. The number of benzene rings is 2. The van der Waals surface area contributed by atoms with Gasteiger partial charge in [0.05, 0.1) is 13.7 Å². The van der Waals surface area contributed by atoms with Crippen LogP contribution in [0, 0.1) is 18.2 Å². The number of amidine groups is 1. The van der Waals surface area contributed by atoms with Gasteiger partial charge in [-0.3, -0.25) is 30.8 Å². The molecule has 37 heavy (non-hydrogen) atoms. The highest BCUT2D eigenvalue weighted by atomic mass is 19.1. The molecule has 6 N–H and O–H groups in total. The minimum Gasteiger partial charge on any atom is -0.497 e. The summed E-state index contributed by atoms with van der Waals surface area (Å²) in [5.41, 5.74) is 11.8. The van der Waals surface area contributed by atoms with Gasteiger partial charge in [0, 0.05) is 29.1 Å².